The fourth-order valence-corrected chi connectivity index (χ4v) is 4.85. The average molecular weight is 439 g/mol. The average Bonchev–Trinajstić information content (AvgIpc) is 3.23. The smallest absolute Gasteiger partial charge is 0.228 e. The Morgan fingerprint density at radius 1 is 1.06 bits per heavy atom. The van der Waals surface area contributed by atoms with E-state index in [1.54, 1.807) is 0 Å². The Labute approximate surface area is 188 Å². The van der Waals surface area contributed by atoms with Gasteiger partial charge in [0.2, 0.25) is 11.8 Å². The molecule has 0 N–H and O–H groups in total. The molecule has 170 valence electrons. The summed E-state index contributed by atoms with van der Waals surface area (Å²) in [6.45, 7) is 6.59. The fraction of sp³-hybridized carbons (Fsp3) is 0.542. The van der Waals surface area contributed by atoms with Crippen molar-refractivity contribution in [1.29, 1.82) is 0 Å². The molecular weight excluding hydrogens is 408 g/mol. The number of morpholine rings is 1. The highest BCUT2D eigenvalue weighted by Gasteiger charge is 2.30. The molecule has 0 saturated carbocycles. The van der Waals surface area contributed by atoms with E-state index in [0.29, 0.717) is 45.8 Å². The van der Waals surface area contributed by atoms with E-state index in [1.165, 1.54) is 5.56 Å². The van der Waals surface area contributed by atoms with Gasteiger partial charge in [-0.2, -0.15) is 0 Å². The van der Waals surface area contributed by atoms with Crippen LogP contribution in [0.4, 0.5) is 0 Å². The van der Waals surface area contributed by atoms with Crippen LogP contribution < -0.4 is 4.74 Å². The molecule has 3 aliphatic heterocycles. The number of aryl methyl sites for hydroxylation is 1. The van der Waals surface area contributed by atoms with Crippen molar-refractivity contribution in [2.75, 3.05) is 39.5 Å². The minimum absolute atomic E-state index is 0.0840. The first-order valence-electron chi connectivity index (χ1n) is 11.5. The zero-order valence-electron chi connectivity index (χ0n) is 18.6. The monoisotopic (exact) mass is 438 g/mol. The molecule has 2 amide bonds. The Morgan fingerprint density at radius 3 is 2.75 bits per heavy atom. The number of hydrogen-bond acceptors (Lipinski definition) is 5. The third-order valence-corrected chi connectivity index (χ3v) is 6.63. The number of aromatic nitrogens is 2. The number of fused-ring (bicyclic) bond motifs is 2. The van der Waals surface area contributed by atoms with Gasteiger partial charge in [0.1, 0.15) is 11.6 Å². The molecule has 3 aliphatic rings. The van der Waals surface area contributed by atoms with E-state index >= 15 is 0 Å². The molecule has 0 bridgehead atoms. The van der Waals surface area contributed by atoms with Gasteiger partial charge in [-0.1, -0.05) is 12.1 Å². The molecule has 0 aliphatic carbocycles. The lowest BCUT2D eigenvalue weighted by Gasteiger charge is -2.34. The number of rotatable bonds is 4. The van der Waals surface area contributed by atoms with Gasteiger partial charge in [-0.3, -0.25) is 9.59 Å². The van der Waals surface area contributed by atoms with Crippen LogP contribution in [0.2, 0.25) is 0 Å². The van der Waals surface area contributed by atoms with E-state index < -0.39 is 0 Å². The number of imidazole rings is 1. The predicted molar refractivity (Wildman–Crippen MR) is 117 cm³/mol. The summed E-state index contributed by atoms with van der Waals surface area (Å²) in [5.41, 5.74) is 2.99. The Bertz CT molecular complexity index is 1010. The molecule has 1 saturated heterocycles. The maximum Gasteiger partial charge on any atom is 0.228 e. The van der Waals surface area contributed by atoms with Crippen molar-refractivity contribution in [2.24, 2.45) is 0 Å². The standard InChI is InChI=1S/C24H30N4O4/c1-17-24-25-20(15-22(29)26-8-11-31-12-9-26)16-27(24)6-7-28(17)23(30)14-18-4-5-21-19(13-18)3-2-10-32-21/h4-5,13,16-17H,2-3,6-12,14-15H2,1H3/t17-/m1/s1. The summed E-state index contributed by atoms with van der Waals surface area (Å²) in [5, 5.41) is 0. The second-order valence-corrected chi connectivity index (χ2v) is 8.79. The number of benzene rings is 1. The zero-order valence-corrected chi connectivity index (χ0v) is 18.6. The number of amides is 2. The SMILES string of the molecule is C[C@@H]1c2nc(CC(=O)N3CCOCC3)cn2CCN1C(=O)Cc1ccc2c(c1)CCCO2. The number of carbonyl (C=O) groups is 2. The second-order valence-electron chi connectivity index (χ2n) is 8.79. The lowest BCUT2D eigenvalue weighted by molar-refractivity contribution is -0.135. The quantitative estimate of drug-likeness (QED) is 0.727. The van der Waals surface area contributed by atoms with E-state index in [4.69, 9.17) is 14.5 Å². The molecule has 2 aromatic rings. The van der Waals surface area contributed by atoms with Crippen molar-refractivity contribution in [2.45, 2.75) is 45.2 Å². The van der Waals surface area contributed by atoms with E-state index in [2.05, 4.69) is 10.6 Å². The van der Waals surface area contributed by atoms with Gasteiger partial charge in [0.15, 0.2) is 0 Å². The molecular formula is C24H30N4O4. The van der Waals surface area contributed by atoms with Crippen molar-refractivity contribution < 1.29 is 19.1 Å². The molecule has 8 heteroatoms. The van der Waals surface area contributed by atoms with E-state index in [0.717, 1.165) is 42.3 Å². The van der Waals surface area contributed by atoms with Crippen LogP contribution in [0.3, 0.4) is 0 Å². The van der Waals surface area contributed by atoms with Crippen LogP contribution in [0.25, 0.3) is 0 Å². The Morgan fingerprint density at radius 2 is 1.91 bits per heavy atom. The number of hydrogen-bond donors (Lipinski definition) is 0. The molecule has 32 heavy (non-hydrogen) atoms. The number of nitrogens with zero attached hydrogens (tertiary/aromatic N) is 4. The van der Waals surface area contributed by atoms with Crippen LogP contribution in [0, 0.1) is 0 Å². The summed E-state index contributed by atoms with van der Waals surface area (Å²) < 4.78 is 13.1. The van der Waals surface area contributed by atoms with Crippen molar-refractivity contribution in [3.63, 3.8) is 0 Å². The van der Waals surface area contributed by atoms with Crippen molar-refractivity contribution in [3.8, 4) is 5.75 Å². The Kier molecular flexibility index (Phi) is 5.87. The molecule has 8 nitrogen and oxygen atoms in total. The van der Waals surface area contributed by atoms with Crippen LogP contribution in [0.1, 0.15) is 42.0 Å². The van der Waals surface area contributed by atoms with Gasteiger partial charge in [0, 0.05) is 32.4 Å². The highest BCUT2D eigenvalue weighted by molar-refractivity contribution is 5.80. The molecule has 0 unspecified atom stereocenters. The van der Waals surface area contributed by atoms with Gasteiger partial charge in [-0.25, -0.2) is 4.98 Å². The molecule has 1 aromatic heterocycles. The highest BCUT2D eigenvalue weighted by Crippen LogP contribution is 2.28. The molecule has 5 rings (SSSR count). The maximum absolute atomic E-state index is 13.1. The third kappa shape index (κ3) is 4.24. The van der Waals surface area contributed by atoms with E-state index in [1.807, 2.05) is 35.1 Å². The first kappa shape index (κ1) is 21.0. The van der Waals surface area contributed by atoms with Crippen LogP contribution in [0.15, 0.2) is 24.4 Å². The van der Waals surface area contributed by atoms with Crippen LogP contribution in [0.5, 0.6) is 5.75 Å². The van der Waals surface area contributed by atoms with Gasteiger partial charge in [-0.15, -0.1) is 0 Å². The van der Waals surface area contributed by atoms with Crippen molar-refractivity contribution >= 4 is 11.8 Å². The van der Waals surface area contributed by atoms with Gasteiger partial charge in [0.05, 0.1) is 44.4 Å². The normalized spacial score (nSPS) is 20.3. The molecule has 4 heterocycles. The molecule has 1 aromatic carbocycles. The summed E-state index contributed by atoms with van der Waals surface area (Å²) in [6, 6.07) is 5.97. The van der Waals surface area contributed by atoms with Crippen LogP contribution >= 0.6 is 0 Å². The summed E-state index contributed by atoms with van der Waals surface area (Å²) in [4.78, 5) is 34.2. The van der Waals surface area contributed by atoms with Crippen LogP contribution in [-0.4, -0.2) is 70.6 Å². The number of ether oxygens (including phenoxy) is 2. The van der Waals surface area contributed by atoms with Gasteiger partial charge in [-0.05, 0) is 37.0 Å². The first-order valence-corrected chi connectivity index (χ1v) is 11.5. The lowest BCUT2D eigenvalue weighted by atomic mass is 10.0. The van der Waals surface area contributed by atoms with Crippen LogP contribution in [-0.2, 0) is 40.1 Å². The molecule has 1 atom stereocenters. The Hall–Kier alpha value is -2.87. The first-order chi connectivity index (χ1) is 15.6. The van der Waals surface area contributed by atoms with Gasteiger partial charge in [0.25, 0.3) is 0 Å². The summed E-state index contributed by atoms with van der Waals surface area (Å²) >= 11 is 0. The van der Waals surface area contributed by atoms with E-state index in [9.17, 15) is 9.59 Å². The maximum atomic E-state index is 13.1. The van der Waals surface area contributed by atoms with Crippen molar-refractivity contribution in [1.82, 2.24) is 19.4 Å². The molecule has 0 spiro atoms. The Balaban J connectivity index is 1.24. The largest absolute Gasteiger partial charge is 0.493 e. The number of carbonyl (C=O) groups excluding carboxylic acids is 2. The fourth-order valence-electron chi connectivity index (χ4n) is 4.85. The summed E-state index contributed by atoms with van der Waals surface area (Å²) in [7, 11) is 0. The highest BCUT2D eigenvalue weighted by atomic mass is 16.5. The molecule has 1 fully saturated rings. The summed E-state index contributed by atoms with van der Waals surface area (Å²) in [5.74, 6) is 1.99. The minimum atomic E-state index is -0.121. The minimum Gasteiger partial charge on any atom is -0.493 e. The van der Waals surface area contributed by atoms with Crippen molar-refractivity contribution in [3.05, 3.63) is 47.0 Å². The van der Waals surface area contributed by atoms with Gasteiger partial charge >= 0.3 is 0 Å². The third-order valence-electron chi connectivity index (χ3n) is 6.63. The topological polar surface area (TPSA) is 76.9 Å². The zero-order chi connectivity index (χ0) is 22.1. The predicted octanol–water partition coefficient (Wildman–Crippen LogP) is 1.76. The summed E-state index contributed by atoms with van der Waals surface area (Å²) in [6.07, 6.45) is 4.65. The van der Waals surface area contributed by atoms with Gasteiger partial charge < -0.3 is 23.8 Å². The van der Waals surface area contributed by atoms with E-state index in [-0.39, 0.29) is 24.3 Å². The molecule has 0 radical (unpaired) electrons. The lowest BCUT2D eigenvalue weighted by Crippen LogP contribution is -2.41. The second kappa shape index (κ2) is 8.94.